The first-order valence-corrected chi connectivity index (χ1v) is 13.9. The fraction of sp³-hybridized carbons (Fsp3) is 1.00. The van der Waals surface area contributed by atoms with Crippen LogP contribution in [0, 0.1) is 11.8 Å². The molecule has 0 N–H and O–H groups in total. The van der Waals surface area contributed by atoms with Gasteiger partial charge in [-0.3, -0.25) is 0 Å². The fourth-order valence-electron chi connectivity index (χ4n) is 5.18. The Kier molecular flexibility index (Phi) is 18.4. The Bertz CT molecular complexity index is 285. The van der Waals surface area contributed by atoms with Crippen molar-refractivity contribution in [2.75, 3.05) is 0 Å². The van der Waals surface area contributed by atoms with Gasteiger partial charge in [-0.15, -0.1) is 0 Å². The zero-order chi connectivity index (χ0) is 20.4. The highest BCUT2D eigenvalue weighted by Gasteiger charge is 2.25. The van der Waals surface area contributed by atoms with Gasteiger partial charge in [-0.2, -0.15) is 0 Å². The Morgan fingerprint density at radius 1 is 0.519 bits per heavy atom. The summed E-state index contributed by atoms with van der Waals surface area (Å²) in [6, 6.07) is 0. The highest BCUT2D eigenvalue weighted by atomic mass is 28.1. The van der Waals surface area contributed by atoms with Crippen molar-refractivity contribution in [2.24, 2.45) is 11.8 Å². The maximum atomic E-state index is 2.42. The average molecular weight is 397 g/mol. The third kappa shape index (κ3) is 19.3. The highest BCUT2D eigenvalue weighted by molar-refractivity contribution is 6.15. The van der Waals surface area contributed by atoms with E-state index in [1.165, 1.54) is 126 Å². The lowest BCUT2D eigenvalue weighted by molar-refractivity contribution is 0.334. The summed E-state index contributed by atoms with van der Waals surface area (Å²) < 4.78 is 0. The topological polar surface area (TPSA) is 0 Å². The molecule has 0 aromatic rings. The van der Waals surface area contributed by atoms with Crippen molar-refractivity contribution in [3.8, 4) is 0 Å². The zero-order valence-corrected chi connectivity index (χ0v) is 22.4. The van der Waals surface area contributed by atoms with E-state index in [9.17, 15) is 0 Å². The van der Waals surface area contributed by atoms with Gasteiger partial charge in [0.15, 0.2) is 0 Å². The first-order chi connectivity index (χ1) is 12.9. The second kappa shape index (κ2) is 18.3. The van der Waals surface area contributed by atoms with E-state index in [1.54, 1.807) is 0 Å². The standard InChI is InChI=1S/C26H56Si/c1-6-7-8-9-10-11-12-13-14-15-16-17-18-19-20-21-26(27,22-24(2)3)23-25(4)5/h24-25H,6-23H2,1-5,27H3. The Morgan fingerprint density at radius 3 is 1.11 bits per heavy atom. The van der Waals surface area contributed by atoms with Crippen molar-refractivity contribution in [2.45, 2.75) is 155 Å². The minimum absolute atomic E-state index is 0.721. The van der Waals surface area contributed by atoms with Crippen LogP contribution in [0.5, 0.6) is 0 Å². The maximum absolute atomic E-state index is 2.42. The lowest BCUT2D eigenvalue weighted by Gasteiger charge is -2.33. The third-order valence-electron chi connectivity index (χ3n) is 6.19. The van der Waals surface area contributed by atoms with E-state index in [2.05, 4.69) is 34.6 Å². The van der Waals surface area contributed by atoms with Crippen molar-refractivity contribution in [3.05, 3.63) is 0 Å². The van der Waals surface area contributed by atoms with E-state index < -0.39 is 0 Å². The zero-order valence-electron chi connectivity index (χ0n) is 20.4. The minimum atomic E-state index is 0.721. The van der Waals surface area contributed by atoms with Gasteiger partial charge >= 0.3 is 0 Å². The lowest BCUT2D eigenvalue weighted by Crippen LogP contribution is -2.18. The summed E-state index contributed by atoms with van der Waals surface area (Å²) in [5.41, 5.74) is 0. The van der Waals surface area contributed by atoms with Crippen LogP contribution in [-0.2, 0) is 0 Å². The molecule has 0 bridgehead atoms. The van der Waals surface area contributed by atoms with E-state index in [-0.39, 0.29) is 0 Å². The molecule has 0 aromatic carbocycles. The summed E-state index contributed by atoms with van der Waals surface area (Å²) >= 11 is 0. The summed E-state index contributed by atoms with van der Waals surface area (Å²) in [6.45, 7) is 12.0. The Balaban J connectivity index is 3.47. The van der Waals surface area contributed by atoms with Gasteiger partial charge in [-0.1, -0.05) is 137 Å². The smallest absolute Gasteiger partial charge is 0.0107 e. The summed E-state index contributed by atoms with van der Waals surface area (Å²) in [5.74, 6) is 1.75. The second-order valence-corrected chi connectivity index (χ2v) is 12.8. The largest absolute Gasteiger partial charge is 0.0654 e. The Labute approximate surface area is 177 Å². The van der Waals surface area contributed by atoms with Crippen molar-refractivity contribution in [3.63, 3.8) is 0 Å². The molecule has 0 fully saturated rings. The van der Waals surface area contributed by atoms with Gasteiger partial charge in [0, 0.05) is 10.2 Å². The summed E-state index contributed by atoms with van der Waals surface area (Å²) in [4.78, 5) is 0. The van der Waals surface area contributed by atoms with Crippen LogP contribution >= 0.6 is 0 Å². The van der Waals surface area contributed by atoms with Crippen LogP contribution in [0.3, 0.4) is 0 Å². The molecule has 0 aliphatic rings. The van der Waals surface area contributed by atoms with Gasteiger partial charge in [0.25, 0.3) is 0 Å². The molecule has 164 valence electrons. The maximum Gasteiger partial charge on any atom is 0.0107 e. The molecule has 0 radical (unpaired) electrons. The van der Waals surface area contributed by atoms with Crippen molar-refractivity contribution in [1.29, 1.82) is 0 Å². The van der Waals surface area contributed by atoms with Gasteiger partial charge < -0.3 is 0 Å². The minimum Gasteiger partial charge on any atom is -0.0654 e. The third-order valence-corrected chi connectivity index (χ3v) is 7.50. The van der Waals surface area contributed by atoms with Gasteiger partial charge in [0.1, 0.15) is 0 Å². The van der Waals surface area contributed by atoms with E-state index in [0.29, 0.717) is 0 Å². The quantitative estimate of drug-likeness (QED) is 0.142. The second-order valence-electron chi connectivity index (χ2n) is 10.7. The normalized spacial score (nSPS) is 12.6. The SMILES string of the molecule is CCCCCCCCCCCCCCCCCC([SiH3])(CC(C)C)CC(C)C. The molecule has 1 heteroatoms. The van der Waals surface area contributed by atoms with Crippen LogP contribution in [0.25, 0.3) is 0 Å². The Hall–Kier alpha value is 0.217. The molecule has 0 nitrogen and oxygen atoms in total. The molecule has 0 rings (SSSR count). The first kappa shape index (κ1) is 27.2. The van der Waals surface area contributed by atoms with Gasteiger partial charge in [-0.25, -0.2) is 0 Å². The van der Waals surface area contributed by atoms with Crippen LogP contribution in [0.15, 0.2) is 0 Å². The number of hydrogen-bond donors (Lipinski definition) is 0. The average Bonchev–Trinajstić information content (AvgIpc) is 2.56. The molecule has 0 aliphatic carbocycles. The van der Waals surface area contributed by atoms with Gasteiger partial charge in [0.2, 0.25) is 0 Å². The fourth-order valence-corrected chi connectivity index (χ4v) is 7.17. The van der Waals surface area contributed by atoms with Crippen LogP contribution in [-0.4, -0.2) is 10.2 Å². The van der Waals surface area contributed by atoms with Gasteiger partial charge in [-0.05, 0) is 29.7 Å². The Morgan fingerprint density at radius 2 is 0.815 bits per heavy atom. The van der Waals surface area contributed by atoms with Crippen LogP contribution < -0.4 is 0 Å². The molecule has 0 spiro atoms. The van der Waals surface area contributed by atoms with Crippen LogP contribution in [0.1, 0.15) is 150 Å². The monoisotopic (exact) mass is 396 g/mol. The molecule has 0 amide bonds. The van der Waals surface area contributed by atoms with Crippen molar-refractivity contribution >= 4 is 10.2 Å². The molecular formula is C26H56Si. The predicted molar refractivity (Wildman–Crippen MR) is 131 cm³/mol. The van der Waals surface area contributed by atoms with Crippen molar-refractivity contribution < 1.29 is 0 Å². The van der Waals surface area contributed by atoms with Crippen molar-refractivity contribution in [1.82, 2.24) is 0 Å². The van der Waals surface area contributed by atoms with Gasteiger partial charge in [0.05, 0.1) is 0 Å². The van der Waals surface area contributed by atoms with E-state index in [4.69, 9.17) is 0 Å². The van der Waals surface area contributed by atoms with E-state index in [1.807, 2.05) is 0 Å². The first-order valence-electron chi connectivity index (χ1n) is 12.9. The van der Waals surface area contributed by atoms with Crippen LogP contribution in [0.2, 0.25) is 5.04 Å². The summed E-state index contributed by atoms with van der Waals surface area (Å²) in [5, 5.41) is 0.721. The number of hydrogen-bond acceptors (Lipinski definition) is 0. The van der Waals surface area contributed by atoms with E-state index in [0.717, 1.165) is 16.9 Å². The predicted octanol–water partition coefficient (Wildman–Crippen LogP) is 8.86. The molecule has 0 aliphatic heterocycles. The molecular weight excluding hydrogens is 340 g/mol. The number of rotatable bonds is 20. The molecule has 27 heavy (non-hydrogen) atoms. The van der Waals surface area contributed by atoms with E-state index >= 15 is 0 Å². The molecule has 0 heterocycles. The molecule has 0 saturated heterocycles. The molecule has 0 unspecified atom stereocenters. The molecule has 0 saturated carbocycles. The lowest BCUT2D eigenvalue weighted by atomic mass is 9.84. The summed E-state index contributed by atoms with van der Waals surface area (Å²) in [6.07, 6.45) is 26.5. The highest BCUT2D eigenvalue weighted by Crippen LogP contribution is 2.42. The van der Waals surface area contributed by atoms with Crippen LogP contribution in [0.4, 0.5) is 0 Å². The molecule has 0 atom stereocenters. The molecule has 0 aromatic heterocycles. The number of unbranched alkanes of at least 4 members (excludes halogenated alkanes) is 14. The summed E-state index contributed by atoms with van der Waals surface area (Å²) in [7, 11) is 1.39.